The summed E-state index contributed by atoms with van der Waals surface area (Å²) in [7, 11) is 0. The molecule has 2 heterocycles. The van der Waals surface area contributed by atoms with Crippen LogP contribution in [0.1, 0.15) is 34.2 Å². The zero-order valence-electron chi connectivity index (χ0n) is 13.9. The number of anilines is 1. The van der Waals surface area contributed by atoms with Crippen molar-refractivity contribution in [2.45, 2.75) is 27.2 Å². The molecule has 24 heavy (non-hydrogen) atoms. The van der Waals surface area contributed by atoms with Gasteiger partial charge in [-0.1, -0.05) is 44.2 Å². The minimum atomic E-state index is -0.131. The van der Waals surface area contributed by atoms with Crippen LogP contribution in [0.2, 0.25) is 0 Å². The molecular formula is C18H19N3OS2. The molecule has 0 saturated heterocycles. The molecule has 1 aromatic carbocycles. The number of benzene rings is 1. The van der Waals surface area contributed by atoms with E-state index in [2.05, 4.69) is 29.1 Å². The fourth-order valence-corrected chi connectivity index (χ4v) is 4.21. The Morgan fingerprint density at radius 1 is 1.21 bits per heavy atom. The molecular weight excluding hydrogens is 338 g/mol. The van der Waals surface area contributed by atoms with Crippen LogP contribution in [-0.2, 0) is 6.42 Å². The number of carbonyl (C=O) groups is 1. The Morgan fingerprint density at radius 3 is 2.67 bits per heavy atom. The Balaban J connectivity index is 1.74. The fraction of sp³-hybridized carbons (Fsp3) is 0.278. The van der Waals surface area contributed by atoms with Crippen molar-refractivity contribution in [2.24, 2.45) is 5.92 Å². The van der Waals surface area contributed by atoms with E-state index in [4.69, 9.17) is 0 Å². The molecule has 0 aliphatic heterocycles. The maximum Gasteiger partial charge on any atom is 0.269 e. The van der Waals surface area contributed by atoms with Gasteiger partial charge >= 0.3 is 0 Å². The van der Waals surface area contributed by atoms with Gasteiger partial charge in [0.2, 0.25) is 0 Å². The number of rotatable bonds is 5. The number of thiazole rings is 2. The first-order valence-corrected chi connectivity index (χ1v) is 9.51. The van der Waals surface area contributed by atoms with E-state index in [9.17, 15) is 4.79 Å². The van der Waals surface area contributed by atoms with Gasteiger partial charge in [0.15, 0.2) is 5.13 Å². The zero-order valence-corrected chi connectivity index (χ0v) is 15.5. The average molecular weight is 358 g/mol. The third-order valence-corrected chi connectivity index (χ3v) is 5.36. The van der Waals surface area contributed by atoms with E-state index in [1.54, 1.807) is 0 Å². The van der Waals surface area contributed by atoms with Crippen molar-refractivity contribution in [3.8, 4) is 11.3 Å². The van der Waals surface area contributed by atoms with Gasteiger partial charge in [-0.2, -0.15) is 0 Å². The molecule has 0 unspecified atom stereocenters. The van der Waals surface area contributed by atoms with Crippen LogP contribution in [-0.4, -0.2) is 15.9 Å². The monoisotopic (exact) mass is 357 g/mol. The molecule has 0 saturated carbocycles. The van der Waals surface area contributed by atoms with Gasteiger partial charge in [0, 0.05) is 17.4 Å². The summed E-state index contributed by atoms with van der Waals surface area (Å²) >= 11 is 2.90. The molecule has 6 heteroatoms. The molecule has 3 rings (SSSR count). The van der Waals surface area contributed by atoms with Crippen molar-refractivity contribution in [3.05, 3.63) is 51.3 Å². The van der Waals surface area contributed by atoms with E-state index in [0.29, 0.717) is 15.9 Å². The van der Waals surface area contributed by atoms with E-state index in [1.165, 1.54) is 22.7 Å². The summed E-state index contributed by atoms with van der Waals surface area (Å²) in [6.45, 7) is 6.18. The largest absolute Gasteiger partial charge is 0.297 e. The van der Waals surface area contributed by atoms with Crippen molar-refractivity contribution < 1.29 is 4.79 Å². The molecule has 1 amide bonds. The highest BCUT2D eigenvalue weighted by atomic mass is 32.1. The third kappa shape index (κ3) is 3.88. The Kier molecular flexibility index (Phi) is 5.06. The molecule has 1 N–H and O–H groups in total. The number of aryl methyl sites for hydroxylation is 1. The lowest BCUT2D eigenvalue weighted by molar-refractivity contribution is 0.103. The summed E-state index contributed by atoms with van der Waals surface area (Å²) in [4.78, 5) is 22.2. The normalized spacial score (nSPS) is 11.0. The lowest BCUT2D eigenvalue weighted by atomic mass is 10.1. The summed E-state index contributed by atoms with van der Waals surface area (Å²) < 4.78 is 0. The van der Waals surface area contributed by atoms with Gasteiger partial charge < -0.3 is 0 Å². The van der Waals surface area contributed by atoms with Crippen molar-refractivity contribution in [3.63, 3.8) is 0 Å². The lowest BCUT2D eigenvalue weighted by Gasteiger charge is -2.00. The van der Waals surface area contributed by atoms with Crippen molar-refractivity contribution in [1.82, 2.24) is 9.97 Å². The lowest BCUT2D eigenvalue weighted by Crippen LogP contribution is -2.11. The van der Waals surface area contributed by atoms with E-state index >= 15 is 0 Å². The number of aromatic nitrogens is 2. The van der Waals surface area contributed by atoms with Crippen molar-refractivity contribution in [2.75, 3.05) is 5.32 Å². The van der Waals surface area contributed by atoms with E-state index < -0.39 is 0 Å². The molecule has 0 spiro atoms. The van der Waals surface area contributed by atoms with Crippen molar-refractivity contribution in [1.29, 1.82) is 0 Å². The minimum absolute atomic E-state index is 0.131. The van der Waals surface area contributed by atoms with Crippen LogP contribution in [0.4, 0.5) is 5.13 Å². The van der Waals surface area contributed by atoms with Crippen LogP contribution in [0.15, 0.2) is 35.7 Å². The third-order valence-electron chi connectivity index (χ3n) is 3.42. The fourth-order valence-electron chi connectivity index (χ4n) is 2.33. The highest BCUT2D eigenvalue weighted by Crippen LogP contribution is 2.26. The molecule has 0 aliphatic rings. The Hall–Kier alpha value is -2.05. The molecule has 0 aliphatic carbocycles. The first-order chi connectivity index (χ1) is 11.5. The van der Waals surface area contributed by atoms with Gasteiger partial charge in [-0.15, -0.1) is 22.7 Å². The Morgan fingerprint density at radius 2 is 1.96 bits per heavy atom. The smallest absolute Gasteiger partial charge is 0.269 e. The second kappa shape index (κ2) is 7.23. The van der Waals surface area contributed by atoms with Crippen molar-refractivity contribution >= 4 is 33.7 Å². The quantitative estimate of drug-likeness (QED) is 0.697. The van der Waals surface area contributed by atoms with Crippen LogP contribution in [0.5, 0.6) is 0 Å². The maximum absolute atomic E-state index is 12.5. The maximum atomic E-state index is 12.5. The first-order valence-electron chi connectivity index (χ1n) is 7.81. The number of nitrogens with zero attached hydrogens (tertiary/aromatic N) is 2. The van der Waals surface area contributed by atoms with Crippen LogP contribution >= 0.6 is 22.7 Å². The standard InChI is InChI=1S/C18H19N3OS2/c1-11(2)9-15-19-12(3)16(24-15)17(22)21-18-20-14(10-23-18)13-7-5-4-6-8-13/h4-8,10-11H,9H2,1-3H3,(H,20,21,22). The van der Waals surface area contributed by atoms with Gasteiger partial charge in [-0.25, -0.2) is 9.97 Å². The van der Waals surface area contributed by atoms with Gasteiger partial charge in [-0.05, 0) is 12.8 Å². The molecule has 4 nitrogen and oxygen atoms in total. The highest BCUT2D eigenvalue weighted by Gasteiger charge is 2.17. The molecule has 0 bridgehead atoms. The summed E-state index contributed by atoms with van der Waals surface area (Å²) in [6.07, 6.45) is 0.897. The number of hydrogen-bond acceptors (Lipinski definition) is 5. The molecule has 0 fully saturated rings. The van der Waals surface area contributed by atoms with E-state index in [-0.39, 0.29) is 5.91 Å². The SMILES string of the molecule is Cc1nc(CC(C)C)sc1C(=O)Nc1nc(-c2ccccc2)cs1. The van der Waals surface area contributed by atoms with Crippen LogP contribution in [0.3, 0.4) is 0 Å². The number of amides is 1. The Labute approximate surface area is 149 Å². The molecule has 3 aromatic rings. The topological polar surface area (TPSA) is 54.9 Å². The summed E-state index contributed by atoms with van der Waals surface area (Å²) in [5, 5.41) is 6.47. The zero-order chi connectivity index (χ0) is 17.1. The summed E-state index contributed by atoms with van der Waals surface area (Å²) in [6, 6.07) is 9.94. The van der Waals surface area contributed by atoms with Crippen LogP contribution in [0, 0.1) is 12.8 Å². The molecule has 124 valence electrons. The number of hydrogen-bond donors (Lipinski definition) is 1. The van der Waals surface area contributed by atoms with E-state index in [1.807, 2.05) is 42.6 Å². The van der Waals surface area contributed by atoms with Gasteiger partial charge in [0.05, 0.1) is 16.4 Å². The predicted molar refractivity (Wildman–Crippen MR) is 101 cm³/mol. The van der Waals surface area contributed by atoms with Crippen LogP contribution in [0.25, 0.3) is 11.3 Å². The highest BCUT2D eigenvalue weighted by molar-refractivity contribution is 7.15. The second-order valence-corrected chi connectivity index (χ2v) is 7.92. The van der Waals surface area contributed by atoms with Gasteiger partial charge in [0.25, 0.3) is 5.91 Å². The number of nitrogens with one attached hydrogen (secondary N) is 1. The molecule has 2 aromatic heterocycles. The molecule has 0 atom stereocenters. The summed E-state index contributed by atoms with van der Waals surface area (Å²) in [5.41, 5.74) is 2.70. The van der Waals surface area contributed by atoms with E-state index in [0.717, 1.165) is 28.4 Å². The minimum Gasteiger partial charge on any atom is -0.297 e. The average Bonchev–Trinajstić information content (AvgIpc) is 3.14. The summed E-state index contributed by atoms with van der Waals surface area (Å²) in [5.74, 6) is 0.396. The second-order valence-electron chi connectivity index (χ2n) is 5.98. The molecule has 0 radical (unpaired) electrons. The first kappa shape index (κ1) is 16.8. The predicted octanol–water partition coefficient (Wildman–Crippen LogP) is 5.03. The van der Waals surface area contributed by atoms with Gasteiger partial charge in [-0.3, -0.25) is 10.1 Å². The Bertz CT molecular complexity index is 837. The van der Waals surface area contributed by atoms with Gasteiger partial charge in [0.1, 0.15) is 4.88 Å². The number of carbonyl (C=O) groups excluding carboxylic acids is 1. The van der Waals surface area contributed by atoms with Crippen LogP contribution < -0.4 is 5.32 Å².